The predicted octanol–water partition coefficient (Wildman–Crippen LogP) is 5.82. The molecule has 0 aromatic heterocycles. The van der Waals surface area contributed by atoms with Gasteiger partial charge < -0.3 is 10.0 Å². The van der Waals surface area contributed by atoms with Gasteiger partial charge in [0.25, 0.3) is 5.91 Å². The Morgan fingerprint density at radius 1 is 1.16 bits per heavy atom. The van der Waals surface area contributed by atoms with E-state index < -0.39 is 0 Å². The lowest BCUT2D eigenvalue weighted by molar-refractivity contribution is 0.0782. The normalized spacial score (nSPS) is 11.9. The summed E-state index contributed by atoms with van der Waals surface area (Å²) in [6.07, 6.45) is 1.06. The van der Waals surface area contributed by atoms with Gasteiger partial charge in [-0.05, 0) is 52.9 Å². The maximum Gasteiger partial charge on any atom is 0.254 e. The van der Waals surface area contributed by atoms with Gasteiger partial charge in [0.2, 0.25) is 0 Å². The van der Waals surface area contributed by atoms with Crippen LogP contribution in [-0.2, 0) is 6.42 Å². The van der Waals surface area contributed by atoms with Crippen molar-refractivity contribution in [2.45, 2.75) is 25.7 Å². The minimum absolute atomic E-state index is 0.0139. The van der Waals surface area contributed by atoms with Crippen LogP contribution in [-0.4, -0.2) is 36.1 Å². The number of aliphatic hydroxyl groups excluding tert-OH is 1. The maximum absolute atomic E-state index is 13.6. The van der Waals surface area contributed by atoms with Crippen LogP contribution in [0, 0.1) is 11.3 Å². The highest BCUT2D eigenvalue weighted by atomic mass is 35.5. The van der Waals surface area contributed by atoms with E-state index in [1.54, 1.807) is 24.1 Å². The van der Waals surface area contributed by atoms with E-state index in [1.807, 2.05) is 43.3 Å². The number of benzene rings is 3. The molecule has 0 aliphatic heterocycles. The fourth-order valence-electron chi connectivity index (χ4n) is 3.99. The average molecular weight is 455 g/mol. The van der Waals surface area contributed by atoms with Crippen LogP contribution in [0.1, 0.15) is 46.3 Å². The quantitative estimate of drug-likeness (QED) is 0.488. The van der Waals surface area contributed by atoms with Gasteiger partial charge in [-0.2, -0.15) is 5.26 Å². The van der Waals surface area contributed by atoms with E-state index in [2.05, 4.69) is 6.07 Å². The van der Waals surface area contributed by atoms with Crippen LogP contribution in [0.5, 0.6) is 0 Å². The number of fused-ring (bicyclic) bond motifs is 1. The van der Waals surface area contributed by atoms with Gasteiger partial charge in [-0.25, -0.2) is 0 Å². The van der Waals surface area contributed by atoms with Crippen molar-refractivity contribution in [2.24, 2.45) is 0 Å². The molecule has 0 saturated carbocycles. The van der Waals surface area contributed by atoms with E-state index >= 15 is 0 Å². The van der Waals surface area contributed by atoms with Gasteiger partial charge in [0.15, 0.2) is 0 Å². The first-order valence-electron chi connectivity index (χ1n) is 10.2. The van der Waals surface area contributed by atoms with Gasteiger partial charge in [-0.1, -0.05) is 60.5 Å². The molecule has 31 heavy (non-hydrogen) atoms. The Morgan fingerprint density at radius 2 is 1.90 bits per heavy atom. The number of carbonyl (C=O) groups is 1. The van der Waals surface area contributed by atoms with E-state index in [0.29, 0.717) is 40.6 Å². The molecular weight excluding hydrogens is 431 g/mol. The van der Waals surface area contributed by atoms with Gasteiger partial charge in [0.1, 0.15) is 0 Å². The fourth-order valence-corrected chi connectivity index (χ4v) is 4.30. The maximum atomic E-state index is 13.6. The molecule has 3 aromatic carbocycles. The second-order valence-electron chi connectivity index (χ2n) is 7.53. The van der Waals surface area contributed by atoms with Crippen molar-refractivity contribution in [3.8, 4) is 6.07 Å². The molecule has 4 nitrogen and oxygen atoms in total. The van der Waals surface area contributed by atoms with Gasteiger partial charge >= 0.3 is 0 Å². The Kier molecular flexibility index (Phi) is 7.56. The molecular formula is C25H24Cl2N2O2. The molecule has 1 N–H and O–H groups in total. The van der Waals surface area contributed by atoms with Crippen molar-refractivity contribution in [2.75, 3.05) is 20.2 Å². The van der Waals surface area contributed by atoms with E-state index in [1.165, 1.54) is 0 Å². The van der Waals surface area contributed by atoms with Crippen LogP contribution in [0.2, 0.25) is 10.0 Å². The zero-order valence-electron chi connectivity index (χ0n) is 17.5. The predicted molar refractivity (Wildman–Crippen MR) is 126 cm³/mol. The van der Waals surface area contributed by atoms with Gasteiger partial charge in [0, 0.05) is 26.1 Å². The molecule has 6 heteroatoms. The molecule has 0 spiro atoms. The third kappa shape index (κ3) is 4.85. The Bertz CT molecular complexity index is 1150. The Hall–Kier alpha value is -2.58. The summed E-state index contributed by atoms with van der Waals surface area (Å²) < 4.78 is 0. The van der Waals surface area contributed by atoms with Crippen LogP contribution in [0.25, 0.3) is 10.8 Å². The number of aliphatic hydroxyl groups is 1. The lowest BCUT2D eigenvalue weighted by Gasteiger charge is -2.26. The number of amides is 1. The second kappa shape index (κ2) is 10.2. The van der Waals surface area contributed by atoms with Crippen LogP contribution in [0.15, 0.2) is 48.5 Å². The molecule has 0 fully saturated rings. The van der Waals surface area contributed by atoms with Gasteiger partial charge in [0.05, 0.1) is 27.2 Å². The molecule has 1 amide bonds. The summed E-state index contributed by atoms with van der Waals surface area (Å²) in [7, 11) is 1.75. The van der Waals surface area contributed by atoms with Crippen molar-refractivity contribution >= 4 is 39.9 Å². The van der Waals surface area contributed by atoms with Gasteiger partial charge in [-0.3, -0.25) is 4.79 Å². The van der Waals surface area contributed by atoms with Crippen LogP contribution in [0.3, 0.4) is 0 Å². The number of hydrogen-bond donors (Lipinski definition) is 1. The Morgan fingerprint density at radius 3 is 2.55 bits per heavy atom. The van der Waals surface area contributed by atoms with Crippen molar-refractivity contribution < 1.29 is 9.90 Å². The molecule has 0 aliphatic carbocycles. The van der Waals surface area contributed by atoms with Crippen LogP contribution in [0.4, 0.5) is 0 Å². The van der Waals surface area contributed by atoms with Crippen LogP contribution >= 0.6 is 23.2 Å². The molecule has 0 bridgehead atoms. The molecule has 0 heterocycles. The molecule has 0 radical (unpaired) electrons. The number of rotatable bonds is 7. The number of carbonyl (C=O) groups excluding carboxylic acids is 1. The van der Waals surface area contributed by atoms with E-state index in [4.69, 9.17) is 23.2 Å². The summed E-state index contributed by atoms with van der Waals surface area (Å²) in [6, 6.07) is 17.1. The zero-order valence-corrected chi connectivity index (χ0v) is 19.0. The van der Waals surface area contributed by atoms with Gasteiger partial charge in [-0.15, -0.1) is 0 Å². The molecule has 3 rings (SSSR count). The summed E-state index contributed by atoms with van der Waals surface area (Å²) >= 11 is 12.2. The molecule has 1 atom stereocenters. The van der Waals surface area contributed by atoms with Crippen LogP contribution < -0.4 is 0 Å². The van der Waals surface area contributed by atoms with E-state index in [9.17, 15) is 15.2 Å². The standard InChI is InChI=1S/C25H24Cl2N2O2/c1-3-20-19(14-28)12-17-6-4-5-7-21(17)24(20)25(31)29(2)15-18(10-11-30)16-8-9-22(26)23(27)13-16/h4-9,12-13,18,30H,3,10-11,15H2,1-2H3/t18-/m1/s1. The first-order chi connectivity index (χ1) is 14.9. The topological polar surface area (TPSA) is 64.3 Å². The molecule has 3 aromatic rings. The summed E-state index contributed by atoms with van der Waals surface area (Å²) in [5.41, 5.74) is 2.76. The summed E-state index contributed by atoms with van der Waals surface area (Å²) in [4.78, 5) is 15.3. The zero-order chi connectivity index (χ0) is 22.5. The summed E-state index contributed by atoms with van der Waals surface area (Å²) in [5, 5.41) is 21.8. The average Bonchev–Trinajstić information content (AvgIpc) is 2.78. The molecule has 0 saturated heterocycles. The number of hydrogen-bond acceptors (Lipinski definition) is 3. The lowest BCUT2D eigenvalue weighted by Crippen LogP contribution is -2.32. The third-order valence-electron chi connectivity index (χ3n) is 5.58. The van der Waals surface area contributed by atoms with E-state index in [-0.39, 0.29) is 18.4 Å². The SMILES string of the molecule is CCc1c(C#N)cc2ccccc2c1C(=O)N(C)C[C@@H](CCO)c1ccc(Cl)c(Cl)c1. The molecule has 160 valence electrons. The largest absolute Gasteiger partial charge is 0.396 e. The Balaban J connectivity index is 2.01. The minimum atomic E-state index is -0.145. The molecule has 0 unspecified atom stereocenters. The van der Waals surface area contributed by atoms with Crippen molar-refractivity contribution in [1.82, 2.24) is 4.90 Å². The second-order valence-corrected chi connectivity index (χ2v) is 8.35. The molecule has 0 aliphatic rings. The van der Waals surface area contributed by atoms with Crippen molar-refractivity contribution in [3.05, 3.63) is 80.8 Å². The smallest absolute Gasteiger partial charge is 0.254 e. The van der Waals surface area contributed by atoms with Crippen molar-refractivity contribution in [1.29, 1.82) is 5.26 Å². The van der Waals surface area contributed by atoms with E-state index in [0.717, 1.165) is 21.9 Å². The summed E-state index contributed by atoms with van der Waals surface area (Å²) in [5.74, 6) is -0.252. The summed E-state index contributed by atoms with van der Waals surface area (Å²) in [6.45, 7) is 2.33. The monoisotopic (exact) mass is 454 g/mol. The first-order valence-corrected chi connectivity index (χ1v) is 10.9. The minimum Gasteiger partial charge on any atom is -0.396 e. The highest BCUT2D eigenvalue weighted by Gasteiger charge is 2.24. The number of halogens is 2. The first kappa shape index (κ1) is 23.1. The third-order valence-corrected chi connectivity index (χ3v) is 6.32. The lowest BCUT2D eigenvalue weighted by atomic mass is 9.91. The highest BCUT2D eigenvalue weighted by Crippen LogP contribution is 2.31. The number of likely N-dealkylation sites (N-methyl/N-ethyl adjacent to an activating group) is 1. The number of nitrogens with zero attached hydrogens (tertiary/aromatic N) is 2. The highest BCUT2D eigenvalue weighted by molar-refractivity contribution is 6.42. The fraction of sp³-hybridized carbons (Fsp3) is 0.280. The Labute approximate surface area is 192 Å². The van der Waals surface area contributed by atoms with Crippen molar-refractivity contribution in [3.63, 3.8) is 0 Å². The number of nitriles is 1.